The molecule has 0 radical (unpaired) electrons. The van der Waals surface area contributed by atoms with E-state index in [0.29, 0.717) is 24.4 Å². The lowest BCUT2D eigenvalue weighted by Gasteiger charge is -2.52. The van der Waals surface area contributed by atoms with Crippen molar-refractivity contribution in [2.75, 3.05) is 6.54 Å². The highest BCUT2D eigenvalue weighted by atomic mass is 16.4. The Morgan fingerprint density at radius 1 is 1.16 bits per heavy atom. The Balaban J connectivity index is 1.57. The average Bonchev–Trinajstić information content (AvgIpc) is 3.13. The normalized spacial score (nSPS) is 30.2. The zero-order chi connectivity index (χ0) is 17.3. The molecule has 2 fully saturated rings. The number of likely N-dealkylation sites (tertiary alicyclic amines) is 1. The Morgan fingerprint density at radius 3 is 2.68 bits per heavy atom. The van der Waals surface area contributed by atoms with Crippen LogP contribution in [0, 0.1) is 5.92 Å². The molecule has 25 heavy (non-hydrogen) atoms. The Hall–Kier alpha value is -1.72. The van der Waals surface area contributed by atoms with Crippen LogP contribution in [0.2, 0.25) is 0 Å². The van der Waals surface area contributed by atoms with Gasteiger partial charge in [-0.1, -0.05) is 50.1 Å². The number of aliphatic hydroxyl groups is 1. The van der Waals surface area contributed by atoms with Crippen LogP contribution in [-0.4, -0.2) is 32.8 Å². The molecular weight excluding hydrogens is 314 g/mol. The van der Waals surface area contributed by atoms with E-state index in [1.807, 2.05) is 25.1 Å². The minimum absolute atomic E-state index is 0.269. The first kappa shape index (κ1) is 16.7. The van der Waals surface area contributed by atoms with Gasteiger partial charge < -0.3 is 9.52 Å². The van der Waals surface area contributed by atoms with E-state index in [9.17, 15) is 5.11 Å². The van der Waals surface area contributed by atoms with Gasteiger partial charge in [0.05, 0.1) is 12.1 Å². The largest absolute Gasteiger partial charge is 0.424 e. The SMILES string of the molecule is CCc1nnc(CN2CC[C@@](O)(c3ccccc3)[C@H]3CCCC[C@@H]32)o1. The molecule has 1 aliphatic carbocycles. The summed E-state index contributed by atoms with van der Waals surface area (Å²) in [6.07, 6.45) is 6.17. The lowest BCUT2D eigenvalue weighted by molar-refractivity contribution is -0.124. The van der Waals surface area contributed by atoms with E-state index in [2.05, 4.69) is 27.2 Å². The van der Waals surface area contributed by atoms with E-state index < -0.39 is 5.60 Å². The molecule has 1 N–H and O–H groups in total. The van der Waals surface area contributed by atoms with Crippen LogP contribution in [0.4, 0.5) is 0 Å². The van der Waals surface area contributed by atoms with Crippen molar-refractivity contribution < 1.29 is 9.52 Å². The summed E-state index contributed by atoms with van der Waals surface area (Å²) in [6.45, 7) is 3.57. The van der Waals surface area contributed by atoms with Gasteiger partial charge >= 0.3 is 0 Å². The van der Waals surface area contributed by atoms with Gasteiger partial charge in [-0.3, -0.25) is 4.90 Å². The van der Waals surface area contributed by atoms with Crippen LogP contribution in [0.3, 0.4) is 0 Å². The molecule has 0 bridgehead atoms. The Labute approximate surface area is 149 Å². The van der Waals surface area contributed by atoms with Gasteiger partial charge in [0.25, 0.3) is 0 Å². The second-order valence-electron chi connectivity index (χ2n) is 7.41. The Morgan fingerprint density at radius 2 is 1.92 bits per heavy atom. The molecule has 0 amide bonds. The number of nitrogens with zero attached hydrogens (tertiary/aromatic N) is 3. The van der Waals surface area contributed by atoms with E-state index >= 15 is 0 Å². The van der Waals surface area contributed by atoms with Gasteiger partial charge in [0, 0.05) is 24.9 Å². The van der Waals surface area contributed by atoms with Gasteiger partial charge in [0.15, 0.2) is 0 Å². The highest BCUT2D eigenvalue weighted by Gasteiger charge is 2.49. The highest BCUT2D eigenvalue weighted by Crippen LogP contribution is 2.47. The van der Waals surface area contributed by atoms with Crippen molar-refractivity contribution >= 4 is 0 Å². The first-order valence-corrected chi connectivity index (χ1v) is 9.54. The second-order valence-corrected chi connectivity index (χ2v) is 7.41. The minimum Gasteiger partial charge on any atom is -0.424 e. The van der Waals surface area contributed by atoms with Crippen LogP contribution in [0.15, 0.2) is 34.7 Å². The molecule has 1 aliphatic heterocycles. The fourth-order valence-corrected chi connectivity index (χ4v) is 4.72. The first-order valence-electron chi connectivity index (χ1n) is 9.54. The highest BCUT2D eigenvalue weighted by molar-refractivity contribution is 5.25. The summed E-state index contributed by atoms with van der Waals surface area (Å²) in [6, 6.07) is 10.6. The standard InChI is InChI=1S/C20H27N3O2/c1-2-18-21-22-19(25-18)14-23-13-12-20(24,15-8-4-3-5-9-15)16-10-6-7-11-17(16)23/h3-5,8-9,16-17,24H,2,6-7,10-14H2,1H3/t16-,17-,20+/m0/s1. The first-order chi connectivity index (χ1) is 12.2. The third-order valence-corrected chi connectivity index (χ3v) is 6.02. The molecule has 5 heteroatoms. The van der Waals surface area contributed by atoms with Crippen molar-refractivity contribution in [3.63, 3.8) is 0 Å². The number of benzene rings is 1. The number of aromatic nitrogens is 2. The number of fused-ring (bicyclic) bond motifs is 1. The summed E-state index contributed by atoms with van der Waals surface area (Å²) in [5.74, 6) is 1.67. The monoisotopic (exact) mass is 341 g/mol. The molecule has 4 rings (SSSR count). The van der Waals surface area contributed by atoms with Crippen molar-refractivity contribution in [2.45, 2.75) is 63.6 Å². The van der Waals surface area contributed by atoms with Gasteiger partial charge in [0.1, 0.15) is 0 Å². The van der Waals surface area contributed by atoms with Crippen molar-refractivity contribution in [3.05, 3.63) is 47.7 Å². The molecule has 5 nitrogen and oxygen atoms in total. The van der Waals surface area contributed by atoms with E-state index in [-0.39, 0.29) is 5.92 Å². The minimum atomic E-state index is -0.716. The van der Waals surface area contributed by atoms with Crippen LogP contribution < -0.4 is 0 Å². The summed E-state index contributed by atoms with van der Waals surface area (Å²) < 4.78 is 5.73. The molecule has 1 aromatic heterocycles. The number of rotatable bonds is 4. The van der Waals surface area contributed by atoms with Crippen LogP contribution in [0.25, 0.3) is 0 Å². The van der Waals surface area contributed by atoms with Crippen molar-refractivity contribution in [1.82, 2.24) is 15.1 Å². The number of hydrogen-bond acceptors (Lipinski definition) is 5. The Kier molecular flexibility index (Phi) is 4.61. The fraction of sp³-hybridized carbons (Fsp3) is 0.600. The van der Waals surface area contributed by atoms with E-state index in [1.165, 1.54) is 12.8 Å². The lowest BCUT2D eigenvalue weighted by Crippen LogP contribution is -2.57. The van der Waals surface area contributed by atoms with Crippen molar-refractivity contribution in [2.24, 2.45) is 5.92 Å². The van der Waals surface area contributed by atoms with E-state index in [0.717, 1.165) is 37.8 Å². The maximum Gasteiger partial charge on any atom is 0.230 e. The zero-order valence-electron chi connectivity index (χ0n) is 14.9. The summed E-state index contributed by atoms with van der Waals surface area (Å²) in [4.78, 5) is 2.45. The molecule has 1 aromatic carbocycles. The predicted molar refractivity (Wildman–Crippen MR) is 94.8 cm³/mol. The molecule has 134 valence electrons. The van der Waals surface area contributed by atoms with Gasteiger partial charge in [-0.15, -0.1) is 10.2 Å². The number of piperidine rings is 1. The van der Waals surface area contributed by atoms with E-state index in [1.54, 1.807) is 0 Å². The third-order valence-electron chi connectivity index (χ3n) is 6.02. The van der Waals surface area contributed by atoms with Crippen LogP contribution in [0.1, 0.15) is 56.4 Å². The summed E-state index contributed by atoms with van der Waals surface area (Å²) in [5, 5.41) is 19.9. The third kappa shape index (κ3) is 3.11. The molecule has 2 aliphatic rings. The molecule has 3 atom stereocenters. The number of aryl methyl sites for hydroxylation is 1. The maximum absolute atomic E-state index is 11.6. The van der Waals surface area contributed by atoms with Gasteiger partial charge in [-0.05, 0) is 24.8 Å². The summed E-state index contributed by atoms with van der Waals surface area (Å²) >= 11 is 0. The maximum atomic E-state index is 11.6. The van der Waals surface area contributed by atoms with Gasteiger partial charge in [-0.2, -0.15) is 0 Å². The lowest BCUT2D eigenvalue weighted by atomic mass is 9.66. The predicted octanol–water partition coefficient (Wildman–Crippen LogP) is 3.28. The van der Waals surface area contributed by atoms with Crippen LogP contribution in [-0.2, 0) is 18.6 Å². The average molecular weight is 341 g/mol. The van der Waals surface area contributed by atoms with Gasteiger partial charge in [0.2, 0.25) is 11.8 Å². The molecule has 1 saturated heterocycles. The molecule has 2 aromatic rings. The topological polar surface area (TPSA) is 62.4 Å². The quantitative estimate of drug-likeness (QED) is 0.924. The Bertz CT molecular complexity index is 702. The fourth-order valence-electron chi connectivity index (χ4n) is 4.72. The second kappa shape index (κ2) is 6.89. The summed E-state index contributed by atoms with van der Waals surface area (Å²) in [7, 11) is 0. The van der Waals surface area contributed by atoms with Crippen LogP contribution >= 0.6 is 0 Å². The molecule has 2 heterocycles. The van der Waals surface area contributed by atoms with Crippen LogP contribution in [0.5, 0.6) is 0 Å². The molecule has 0 unspecified atom stereocenters. The summed E-state index contributed by atoms with van der Waals surface area (Å²) in [5.41, 5.74) is 0.351. The zero-order valence-corrected chi connectivity index (χ0v) is 14.9. The number of hydrogen-bond donors (Lipinski definition) is 1. The van der Waals surface area contributed by atoms with Crippen molar-refractivity contribution in [3.8, 4) is 0 Å². The van der Waals surface area contributed by atoms with E-state index in [4.69, 9.17) is 4.42 Å². The van der Waals surface area contributed by atoms with Gasteiger partial charge in [-0.25, -0.2) is 0 Å². The molecular formula is C20H27N3O2. The smallest absolute Gasteiger partial charge is 0.230 e. The molecule has 0 spiro atoms. The molecule has 1 saturated carbocycles. The van der Waals surface area contributed by atoms with Crippen molar-refractivity contribution in [1.29, 1.82) is 0 Å².